The van der Waals surface area contributed by atoms with E-state index in [1.54, 1.807) is 44.2 Å². The smallest absolute Gasteiger partial charge is 0.350 e. The minimum Gasteiger partial charge on any atom is -0.463 e. The molecule has 0 saturated carbocycles. The number of carbonyl (C=O) groups is 2. The second kappa shape index (κ2) is 13.7. The Hall–Kier alpha value is -3.17. The third-order valence-corrected chi connectivity index (χ3v) is 12.8. The molecule has 1 aliphatic heterocycles. The Bertz CT molecular complexity index is 1490. The molecule has 1 fully saturated rings. The molecule has 3 heterocycles. The Kier molecular flexibility index (Phi) is 10.5. The Balaban J connectivity index is 1.73. The highest BCUT2D eigenvalue weighted by Gasteiger charge is 2.55. The minimum absolute atomic E-state index is 0.0183. The molecule has 1 aromatic carbocycles. The predicted octanol–water partition coefficient (Wildman–Crippen LogP) is 4.81. The van der Waals surface area contributed by atoms with Crippen LogP contribution in [0.5, 0.6) is 0 Å². The molecule has 1 unspecified atom stereocenters. The number of halogens is 2. The molecule has 0 bridgehead atoms. The summed E-state index contributed by atoms with van der Waals surface area (Å²) in [6.07, 6.45) is -4.05. The molecule has 45 heavy (non-hydrogen) atoms. The van der Waals surface area contributed by atoms with Gasteiger partial charge >= 0.3 is 11.9 Å². The number of nitrogens with two attached hydrogens (primary N) is 1. The van der Waals surface area contributed by atoms with E-state index in [1.165, 1.54) is 10.9 Å². The van der Waals surface area contributed by atoms with Gasteiger partial charge in [-0.05, 0) is 49.1 Å². The highest BCUT2D eigenvalue weighted by molar-refractivity contribution is 6.74. The predicted molar refractivity (Wildman–Crippen MR) is 168 cm³/mol. The van der Waals surface area contributed by atoms with Crippen LogP contribution in [0.3, 0.4) is 0 Å². The van der Waals surface area contributed by atoms with E-state index in [2.05, 4.69) is 15.0 Å². The number of fused-ring (bicyclic) bond motifs is 1. The number of nitrogens with zero attached hydrogens (tertiary/aromatic N) is 4. The molecule has 246 valence electrons. The van der Waals surface area contributed by atoms with Crippen LogP contribution in [-0.4, -0.2) is 83.6 Å². The van der Waals surface area contributed by atoms with Crippen molar-refractivity contribution in [1.29, 1.82) is 0 Å². The van der Waals surface area contributed by atoms with Gasteiger partial charge < -0.3 is 29.1 Å². The van der Waals surface area contributed by atoms with Crippen LogP contribution in [-0.2, 0) is 39.4 Å². The number of benzene rings is 1. The zero-order chi connectivity index (χ0) is 33.2. The van der Waals surface area contributed by atoms with Gasteiger partial charge in [-0.2, -0.15) is 9.97 Å². The standard InChI is InChI=1S/C30H41ClFN5O7Si/c1-8-40-26(38)30(27(39)41-9-2,15-18-13-11-10-12-14-18)42-16-19-20(32)22(44-45(6,7)29(3,4)5)25(43-19)37-17-34-21-23(33)35-28(31)36-24(21)37/h10-14,17,19-20,22,25H,8-9,15-16H2,1-7H3,(H2,33,35,36)/t19-,20-,22?,25-/m1/s1. The molecule has 0 spiro atoms. The van der Waals surface area contributed by atoms with Crippen LogP contribution in [0, 0.1) is 0 Å². The lowest BCUT2D eigenvalue weighted by molar-refractivity contribution is -0.196. The third kappa shape index (κ3) is 7.14. The van der Waals surface area contributed by atoms with Crippen molar-refractivity contribution < 1.29 is 37.4 Å². The number of alkyl halides is 1. The van der Waals surface area contributed by atoms with Gasteiger partial charge in [0.25, 0.3) is 5.60 Å². The molecule has 1 saturated heterocycles. The molecule has 0 aliphatic carbocycles. The molecular formula is C30H41ClFN5O7Si. The molecule has 3 aromatic rings. The SMILES string of the molecule is CCOC(=O)C(Cc1ccccc1)(OC[C@H]1O[C@@H](n2cnc3c(N)nc(Cl)nc32)C(O[Si](C)(C)C(C)(C)C)[C@@H]1F)C(=O)OCC. The fourth-order valence-corrected chi connectivity index (χ4v) is 6.24. The van der Waals surface area contributed by atoms with Crippen LogP contribution in [0.15, 0.2) is 36.7 Å². The van der Waals surface area contributed by atoms with Crippen molar-refractivity contribution in [3.8, 4) is 0 Å². The normalized spacial score (nSPS) is 20.8. The van der Waals surface area contributed by atoms with Gasteiger partial charge in [0.15, 0.2) is 32.2 Å². The van der Waals surface area contributed by atoms with E-state index in [4.69, 9.17) is 40.7 Å². The van der Waals surface area contributed by atoms with E-state index < -0.39 is 57.1 Å². The van der Waals surface area contributed by atoms with Gasteiger partial charge in [0.05, 0.1) is 26.1 Å². The van der Waals surface area contributed by atoms with Gasteiger partial charge in [-0.3, -0.25) is 4.57 Å². The van der Waals surface area contributed by atoms with Crippen LogP contribution in [0.1, 0.15) is 46.4 Å². The first-order valence-corrected chi connectivity index (χ1v) is 18.1. The van der Waals surface area contributed by atoms with Crippen molar-refractivity contribution >= 4 is 48.8 Å². The number of nitrogen functional groups attached to an aromatic ring is 1. The second-order valence-electron chi connectivity index (χ2n) is 12.3. The highest BCUT2D eigenvalue weighted by atomic mass is 35.5. The molecular weight excluding hydrogens is 625 g/mol. The summed E-state index contributed by atoms with van der Waals surface area (Å²) >= 11 is 6.11. The summed E-state index contributed by atoms with van der Waals surface area (Å²) in [5, 5.41) is -0.384. The van der Waals surface area contributed by atoms with E-state index in [9.17, 15) is 9.59 Å². The molecule has 15 heteroatoms. The summed E-state index contributed by atoms with van der Waals surface area (Å²) in [5.41, 5.74) is 4.90. The molecule has 4 atom stereocenters. The van der Waals surface area contributed by atoms with Crippen LogP contribution in [0.2, 0.25) is 23.4 Å². The largest absolute Gasteiger partial charge is 0.463 e. The number of anilines is 1. The van der Waals surface area contributed by atoms with Gasteiger partial charge in [-0.1, -0.05) is 51.1 Å². The molecule has 12 nitrogen and oxygen atoms in total. The summed E-state index contributed by atoms with van der Waals surface area (Å²) < 4.78 is 47.7. The Morgan fingerprint density at radius 1 is 1.09 bits per heavy atom. The summed E-state index contributed by atoms with van der Waals surface area (Å²) in [7, 11) is -2.58. The topological polar surface area (TPSA) is 150 Å². The van der Waals surface area contributed by atoms with E-state index in [1.807, 2.05) is 33.9 Å². The number of aromatic nitrogens is 4. The maximum absolute atomic E-state index is 16.6. The first-order chi connectivity index (χ1) is 21.1. The Morgan fingerprint density at radius 2 is 1.71 bits per heavy atom. The maximum Gasteiger partial charge on any atom is 0.350 e. The Labute approximate surface area is 267 Å². The number of hydrogen-bond donors (Lipinski definition) is 1. The van der Waals surface area contributed by atoms with Gasteiger partial charge in [0.1, 0.15) is 17.7 Å². The summed E-state index contributed by atoms with van der Waals surface area (Å²) in [5.74, 6) is -1.85. The van der Waals surface area contributed by atoms with Gasteiger partial charge in [-0.15, -0.1) is 0 Å². The lowest BCUT2D eigenvalue weighted by atomic mass is 9.93. The van der Waals surface area contributed by atoms with E-state index in [-0.39, 0.29) is 46.9 Å². The minimum atomic E-state index is -2.58. The number of rotatable bonds is 12. The molecule has 0 amide bonds. The monoisotopic (exact) mass is 665 g/mol. The molecule has 2 aromatic heterocycles. The number of ether oxygens (including phenoxy) is 4. The van der Waals surface area contributed by atoms with Gasteiger partial charge in [0.2, 0.25) is 5.28 Å². The van der Waals surface area contributed by atoms with Gasteiger partial charge in [-0.25, -0.2) is 19.0 Å². The van der Waals surface area contributed by atoms with Crippen molar-refractivity contribution in [1.82, 2.24) is 19.5 Å². The first-order valence-electron chi connectivity index (χ1n) is 14.8. The Morgan fingerprint density at radius 3 is 2.29 bits per heavy atom. The van der Waals surface area contributed by atoms with Crippen molar-refractivity contribution in [3.05, 3.63) is 47.5 Å². The van der Waals surface area contributed by atoms with E-state index in [0.29, 0.717) is 5.56 Å². The number of imidazole rings is 1. The summed E-state index contributed by atoms with van der Waals surface area (Å²) in [6.45, 7) is 12.8. The second-order valence-corrected chi connectivity index (χ2v) is 17.4. The lowest BCUT2D eigenvalue weighted by Crippen LogP contribution is -2.54. The number of esters is 2. The van der Waals surface area contributed by atoms with Gasteiger partial charge in [0, 0.05) is 6.42 Å². The average Bonchev–Trinajstić information content (AvgIpc) is 3.51. The molecule has 1 aliphatic rings. The lowest BCUT2D eigenvalue weighted by Gasteiger charge is -2.39. The fraction of sp³-hybridized carbons (Fsp3) is 0.567. The summed E-state index contributed by atoms with van der Waals surface area (Å²) in [4.78, 5) is 39.4. The van der Waals surface area contributed by atoms with Crippen LogP contribution in [0.25, 0.3) is 11.2 Å². The molecule has 4 rings (SSSR count). The zero-order valence-electron chi connectivity index (χ0n) is 26.6. The first kappa shape index (κ1) is 34.7. The third-order valence-electron chi connectivity index (χ3n) is 8.20. The number of hydrogen-bond acceptors (Lipinski definition) is 11. The van der Waals surface area contributed by atoms with E-state index >= 15 is 4.39 Å². The van der Waals surface area contributed by atoms with Crippen LogP contribution >= 0.6 is 11.6 Å². The van der Waals surface area contributed by atoms with Crippen molar-refractivity contribution in [2.75, 3.05) is 25.6 Å². The summed E-state index contributed by atoms with van der Waals surface area (Å²) in [6, 6.07) is 8.80. The fourth-order valence-electron chi connectivity index (χ4n) is 4.79. The van der Waals surface area contributed by atoms with Crippen molar-refractivity contribution in [2.24, 2.45) is 0 Å². The molecule has 0 radical (unpaired) electrons. The zero-order valence-corrected chi connectivity index (χ0v) is 28.3. The maximum atomic E-state index is 16.6. The average molecular weight is 666 g/mol. The van der Waals surface area contributed by atoms with Crippen molar-refractivity contribution in [3.63, 3.8) is 0 Å². The van der Waals surface area contributed by atoms with Crippen molar-refractivity contribution in [2.45, 2.75) is 89.4 Å². The quantitative estimate of drug-likeness (QED) is 0.123. The van der Waals surface area contributed by atoms with Crippen LogP contribution in [0.4, 0.5) is 10.2 Å². The van der Waals surface area contributed by atoms with E-state index in [0.717, 1.165) is 0 Å². The van der Waals surface area contributed by atoms with Crippen LogP contribution < -0.4 is 5.73 Å². The molecule has 2 N–H and O–H groups in total. The number of carbonyl (C=O) groups excluding carboxylic acids is 2. The highest BCUT2D eigenvalue weighted by Crippen LogP contribution is 2.43.